The van der Waals surface area contributed by atoms with Crippen molar-refractivity contribution in [2.45, 2.75) is 32.7 Å². The summed E-state index contributed by atoms with van der Waals surface area (Å²) in [6, 6.07) is 54.6. The first-order chi connectivity index (χ1) is 25.1. The van der Waals surface area contributed by atoms with Crippen molar-refractivity contribution in [3.63, 3.8) is 0 Å². The molecule has 0 aliphatic rings. The molecule has 0 bridgehead atoms. The lowest BCUT2D eigenvalue weighted by molar-refractivity contribution is 0.306. The van der Waals surface area contributed by atoms with Gasteiger partial charge in [-0.15, -0.1) is 0 Å². The second kappa shape index (κ2) is 16.3. The Morgan fingerprint density at radius 3 is 1.22 bits per heavy atom. The quantitative estimate of drug-likeness (QED) is 0.124. The first kappa shape index (κ1) is 33.1. The normalized spacial score (nSPS) is 10.8. The summed E-state index contributed by atoms with van der Waals surface area (Å²) in [4.78, 5) is 9.91. The molecular weight excluding hydrogens is 631 g/mol. The summed E-state index contributed by atoms with van der Waals surface area (Å²) >= 11 is 0. The number of ether oxygens (including phenoxy) is 3. The Morgan fingerprint density at radius 2 is 0.784 bits per heavy atom. The topological polar surface area (TPSA) is 79.5 Å². The molecule has 6 heteroatoms. The molecule has 51 heavy (non-hydrogen) atoms. The fourth-order valence-corrected chi connectivity index (χ4v) is 5.82. The third-order valence-electron chi connectivity index (χ3n) is 8.53. The molecule has 0 spiro atoms. The highest BCUT2D eigenvalue weighted by molar-refractivity contribution is 5.76. The molecule has 7 aromatic rings. The molecule has 7 rings (SSSR count). The average Bonchev–Trinajstić information content (AvgIpc) is 3.18. The summed E-state index contributed by atoms with van der Waals surface area (Å²) in [5.41, 5.74) is 14.9. The monoisotopic (exact) mass is 669 g/mol. The molecule has 6 nitrogen and oxygen atoms in total. The van der Waals surface area contributed by atoms with Crippen LogP contribution in [0, 0.1) is 0 Å². The van der Waals surface area contributed by atoms with Crippen molar-refractivity contribution in [3.8, 4) is 28.4 Å². The maximum Gasteiger partial charge on any atom is 0.135 e. The molecule has 0 amide bonds. The minimum Gasteiger partial charge on any atom is -0.489 e. The molecule has 1 heterocycles. The van der Waals surface area contributed by atoms with Crippen LogP contribution in [0.1, 0.15) is 39.3 Å². The number of hydrogen-bond donors (Lipinski definition) is 1. The van der Waals surface area contributed by atoms with Crippen LogP contribution >= 0.6 is 0 Å². The standard InChI is InChI=1S/C45H39N3O3/c46-45-44(38-20-26-41(27-21-38)51-32-37-14-8-3-9-15-37)42(28-33-16-22-39(23-17-33)49-30-35-10-4-1-5-11-35)47-43(48-45)29-34-18-24-40(25-19-34)50-31-36-12-6-2-7-13-36/h1-27H,28-32H2,(H2,46,47,48). The number of nitrogens with two attached hydrogens (primary N) is 1. The van der Waals surface area contributed by atoms with Crippen molar-refractivity contribution < 1.29 is 14.2 Å². The number of nitrogen functional groups attached to an aromatic ring is 1. The van der Waals surface area contributed by atoms with Crippen LogP contribution < -0.4 is 19.9 Å². The van der Waals surface area contributed by atoms with Crippen molar-refractivity contribution in [1.29, 1.82) is 0 Å². The molecule has 0 fully saturated rings. The lowest BCUT2D eigenvalue weighted by atomic mass is 9.99. The lowest BCUT2D eigenvalue weighted by Crippen LogP contribution is -2.08. The first-order valence-corrected chi connectivity index (χ1v) is 17.1. The summed E-state index contributed by atoms with van der Waals surface area (Å²) in [6.07, 6.45) is 1.11. The smallest absolute Gasteiger partial charge is 0.135 e. The van der Waals surface area contributed by atoms with Crippen LogP contribution in [0.5, 0.6) is 17.2 Å². The molecule has 0 unspecified atom stereocenters. The fraction of sp³-hybridized carbons (Fsp3) is 0.111. The Kier molecular flexibility index (Phi) is 10.6. The van der Waals surface area contributed by atoms with Gasteiger partial charge in [-0.1, -0.05) is 127 Å². The highest BCUT2D eigenvalue weighted by atomic mass is 16.5. The van der Waals surface area contributed by atoms with Crippen LogP contribution in [0.15, 0.2) is 164 Å². The summed E-state index contributed by atoms with van der Waals surface area (Å²) in [7, 11) is 0. The minimum absolute atomic E-state index is 0.443. The van der Waals surface area contributed by atoms with E-state index in [0.29, 0.717) is 44.3 Å². The van der Waals surface area contributed by atoms with E-state index in [2.05, 4.69) is 60.7 Å². The summed E-state index contributed by atoms with van der Waals surface area (Å²) < 4.78 is 18.1. The number of aromatic nitrogens is 2. The molecule has 2 N–H and O–H groups in total. The maximum atomic E-state index is 6.75. The van der Waals surface area contributed by atoms with Gasteiger partial charge in [0, 0.05) is 18.4 Å². The van der Waals surface area contributed by atoms with Crippen molar-refractivity contribution in [1.82, 2.24) is 9.97 Å². The van der Waals surface area contributed by atoms with Gasteiger partial charge in [-0.3, -0.25) is 0 Å². The van der Waals surface area contributed by atoms with Crippen LogP contribution in [-0.2, 0) is 32.7 Å². The first-order valence-electron chi connectivity index (χ1n) is 17.1. The van der Waals surface area contributed by atoms with Crippen molar-refractivity contribution in [2.75, 3.05) is 5.73 Å². The number of nitrogens with zero attached hydrogens (tertiary/aromatic N) is 2. The van der Waals surface area contributed by atoms with Gasteiger partial charge in [0.2, 0.25) is 0 Å². The zero-order chi connectivity index (χ0) is 34.7. The van der Waals surface area contributed by atoms with Gasteiger partial charge in [-0.05, 0) is 69.8 Å². The zero-order valence-electron chi connectivity index (χ0n) is 28.3. The Bertz CT molecular complexity index is 2120. The van der Waals surface area contributed by atoms with E-state index in [4.69, 9.17) is 29.9 Å². The molecule has 0 aliphatic heterocycles. The lowest BCUT2D eigenvalue weighted by Gasteiger charge is -2.15. The Balaban J connectivity index is 1.10. The van der Waals surface area contributed by atoms with Crippen LogP contribution in [0.2, 0.25) is 0 Å². The van der Waals surface area contributed by atoms with Crippen LogP contribution in [0.4, 0.5) is 5.82 Å². The van der Waals surface area contributed by atoms with Crippen LogP contribution in [0.25, 0.3) is 11.1 Å². The molecule has 0 aliphatic carbocycles. The number of anilines is 1. The largest absolute Gasteiger partial charge is 0.489 e. The Hall–Kier alpha value is -6.40. The highest BCUT2D eigenvalue weighted by Crippen LogP contribution is 2.32. The SMILES string of the molecule is Nc1nc(Cc2ccc(OCc3ccccc3)cc2)nc(Cc2ccc(OCc3ccccc3)cc2)c1-c1ccc(OCc2ccccc2)cc1. The molecule has 252 valence electrons. The molecule has 0 saturated heterocycles. The molecule has 6 aromatic carbocycles. The average molecular weight is 670 g/mol. The molecule has 1 aromatic heterocycles. The number of hydrogen-bond acceptors (Lipinski definition) is 6. The van der Waals surface area contributed by atoms with Gasteiger partial charge in [0.1, 0.15) is 48.7 Å². The van der Waals surface area contributed by atoms with Gasteiger partial charge in [0.25, 0.3) is 0 Å². The minimum atomic E-state index is 0.443. The van der Waals surface area contributed by atoms with Crippen LogP contribution in [-0.4, -0.2) is 9.97 Å². The van der Waals surface area contributed by atoms with E-state index in [1.165, 1.54) is 0 Å². The van der Waals surface area contributed by atoms with E-state index in [-0.39, 0.29) is 0 Å². The summed E-state index contributed by atoms with van der Waals surface area (Å²) in [5.74, 6) is 3.51. The third kappa shape index (κ3) is 9.19. The Labute approximate surface area is 299 Å². The van der Waals surface area contributed by atoms with Crippen molar-refractivity contribution in [3.05, 3.63) is 203 Å². The van der Waals surface area contributed by atoms with E-state index < -0.39 is 0 Å². The molecular formula is C45H39N3O3. The van der Waals surface area contributed by atoms with E-state index in [1.54, 1.807) is 0 Å². The van der Waals surface area contributed by atoms with Gasteiger partial charge in [0.15, 0.2) is 0 Å². The van der Waals surface area contributed by atoms with E-state index in [1.807, 2.05) is 103 Å². The number of benzene rings is 6. The number of rotatable bonds is 14. The Morgan fingerprint density at radius 1 is 0.392 bits per heavy atom. The van der Waals surface area contributed by atoms with E-state index in [0.717, 1.165) is 61.9 Å². The van der Waals surface area contributed by atoms with Crippen LogP contribution in [0.3, 0.4) is 0 Å². The second-order valence-corrected chi connectivity index (χ2v) is 12.3. The maximum absolute atomic E-state index is 6.75. The summed E-state index contributed by atoms with van der Waals surface area (Å²) in [6.45, 7) is 1.53. The molecule has 0 atom stereocenters. The van der Waals surface area contributed by atoms with Gasteiger partial charge in [-0.2, -0.15) is 0 Å². The second-order valence-electron chi connectivity index (χ2n) is 12.3. The van der Waals surface area contributed by atoms with Gasteiger partial charge in [-0.25, -0.2) is 9.97 Å². The summed E-state index contributed by atoms with van der Waals surface area (Å²) in [5, 5.41) is 0. The molecule has 0 saturated carbocycles. The van der Waals surface area contributed by atoms with E-state index >= 15 is 0 Å². The molecule has 0 radical (unpaired) electrons. The highest BCUT2D eigenvalue weighted by Gasteiger charge is 2.16. The zero-order valence-corrected chi connectivity index (χ0v) is 28.3. The predicted molar refractivity (Wildman–Crippen MR) is 203 cm³/mol. The van der Waals surface area contributed by atoms with Crippen molar-refractivity contribution >= 4 is 5.82 Å². The predicted octanol–water partition coefficient (Wildman–Crippen LogP) is 9.64. The van der Waals surface area contributed by atoms with E-state index in [9.17, 15) is 0 Å². The van der Waals surface area contributed by atoms with Gasteiger partial charge >= 0.3 is 0 Å². The third-order valence-corrected chi connectivity index (χ3v) is 8.53. The fourth-order valence-electron chi connectivity index (χ4n) is 5.82. The van der Waals surface area contributed by atoms with Gasteiger partial charge < -0.3 is 19.9 Å². The van der Waals surface area contributed by atoms with Gasteiger partial charge in [0.05, 0.1) is 5.69 Å². The van der Waals surface area contributed by atoms with Crippen molar-refractivity contribution in [2.24, 2.45) is 0 Å².